The summed E-state index contributed by atoms with van der Waals surface area (Å²) in [5.41, 5.74) is 6.37. The van der Waals surface area contributed by atoms with Crippen molar-refractivity contribution in [1.29, 1.82) is 0 Å². The lowest BCUT2D eigenvalue weighted by Crippen LogP contribution is -2.14. The van der Waals surface area contributed by atoms with E-state index in [1.54, 1.807) is 0 Å². The van der Waals surface area contributed by atoms with Crippen molar-refractivity contribution >= 4 is 23.0 Å². The Hall–Kier alpha value is -2.75. The molecule has 2 rings (SSSR count). The molecule has 0 aliphatic carbocycles. The molecule has 3 N–H and O–H groups in total. The first-order valence-electron chi connectivity index (χ1n) is 8.60. The summed E-state index contributed by atoms with van der Waals surface area (Å²) in [5, 5.41) is 9.41. The van der Waals surface area contributed by atoms with E-state index in [0.29, 0.717) is 5.56 Å². The highest BCUT2D eigenvalue weighted by atomic mass is 16.1. The maximum absolute atomic E-state index is 12.7. The second kappa shape index (κ2) is 8.38. The lowest BCUT2D eigenvalue weighted by atomic mass is 10.0. The second-order valence-corrected chi connectivity index (χ2v) is 6.19. The van der Waals surface area contributed by atoms with Gasteiger partial charge in [-0.15, -0.1) is 0 Å². The molecule has 2 aromatic rings. The highest BCUT2D eigenvalue weighted by Crippen LogP contribution is 2.25. The number of carbonyl (C=O) groups is 1. The lowest BCUT2D eigenvalue weighted by Gasteiger charge is -2.16. The van der Waals surface area contributed by atoms with Crippen LogP contribution in [0, 0.1) is 13.8 Å². The van der Waals surface area contributed by atoms with Crippen molar-refractivity contribution in [2.45, 2.75) is 33.6 Å². The first-order valence-corrected chi connectivity index (χ1v) is 8.60. The summed E-state index contributed by atoms with van der Waals surface area (Å²) in [6.45, 7) is 10.2. The van der Waals surface area contributed by atoms with Gasteiger partial charge in [0.15, 0.2) is 0 Å². The minimum Gasteiger partial charge on any atom is -0.386 e. The van der Waals surface area contributed by atoms with Crippen LogP contribution >= 0.6 is 0 Å². The third-order valence-electron chi connectivity index (χ3n) is 4.24. The van der Waals surface area contributed by atoms with Gasteiger partial charge in [0.05, 0.1) is 11.4 Å². The summed E-state index contributed by atoms with van der Waals surface area (Å²) in [5.74, 6) is -0.130. The number of allylic oxidation sites excluding steroid dienone is 1. The second-order valence-electron chi connectivity index (χ2n) is 6.19. The zero-order chi connectivity index (χ0) is 18.4. The Bertz CT molecular complexity index is 781. The largest absolute Gasteiger partial charge is 0.386 e. The molecule has 1 amide bonds. The van der Waals surface area contributed by atoms with Crippen molar-refractivity contribution in [3.8, 4) is 0 Å². The number of benzene rings is 2. The molecule has 0 aliphatic rings. The van der Waals surface area contributed by atoms with E-state index in [4.69, 9.17) is 0 Å². The predicted octanol–water partition coefficient (Wildman–Crippen LogP) is 5.32. The molecule has 4 nitrogen and oxygen atoms in total. The molecular formula is C21H27N3O. The molecule has 4 heteroatoms. The number of para-hydroxylation sites is 2. The van der Waals surface area contributed by atoms with Gasteiger partial charge in [-0.3, -0.25) is 4.79 Å². The fraction of sp³-hybridized carbons (Fsp3) is 0.286. The molecule has 0 radical (unpaired) electrons. The molecule has 0 saturated carbocycles. The Morgan fingerprint density at radius 2 is 1.72 bits per heavy atom. The molecule has 0 bridgehead atoms. The van der Waals surface area contributed by atoms with Crippen LogP contribution < -0.4 is 16.0 Å². The highest BCUT2D eigenvalue weighted by molar-refractivity contribution is 6.06. The molecule has 0 spiro atoms. The molecule has 132 valence electrons. The van der Waals surface area contributed by atoms with E-state index >= 15 is 0 Å². The van der Waals surface area contributed by atoms with E-state index < -0.39 is 0 Å². The Morgan fingerprint density at radius 3 is 2.36 bits per heavy atom. The van der Waals surface area contributed by atoms with Crippen molar-refractivity contribution < 1.29 is 4.79 Å². The Balaban J connectivity index is 2.27. The van der Waals surface area contributed by atoms with Gasteiger partial charge in [0, 0.05) is 24.0 Å². The molecule has 0 aromatic heterocycles. The molecule has 0 saturated heterocycles. The molecular weight excluding hydrogens is 310 g/mol. The normalized spacial score (nSPS) is 10.2. The van der Waals surface area contributed by atoms with Crippen LogP contribution in [0.2, 0.25) is 0 Å². The number of hydrogen-bond acceptors (Lipinski definition) is 3. The van der Waals surface area contributed by atoms with E-state index in [9.17, 15) is 4.79 Å². The first kappa shape index (κ1) is 18.6. The van der Waals surface area contributed by atoms with Crippen LogP contribution in [0.15, 0.2) is 48.7 Å². The van der Waals surface area contributed by atoms with Crippen molar-refractivity contribution in [2.24, 2.45) is 0 Å². The van der Waals surface area contributed by atoms with E-state index in [1.807, 2.05) is 50.4 Å². The smallest absolute Gasteiger partial charge is 0.255 e. The number of anilines is 3. The van der Waals surface area contributed by atoms with Crippen LogP contribution in [-0.2, 0) is 0 Å². The Kier molecular flexibility index (Phi) is 6.23. The number of amides is 1. The molecule has 0 heterocycles. The number of nitrogens with one attached hydrogen (secondary N) is 3. The van der Waals surface area contributed by atoms with E-state index in [2.05, 4.69) is 36.4 Å². The summed E-state index contributed by atoms with van der Waals surface area (Å²) in [6.07, 6.45) is 1.94. The van der Waals surface area contributed by atoms with Crippen molar-refractivity contribution in [3.63, 3.8) is 0 Å². The van der Waals surface area contributed by atoms with E-state index in [-0.39, 0.29) is 5.91 Å². The number of aryl methyl sites for hydroxylation is 1. The van der Waals surface area contributed by atoms with E-state index in [0.717, 1.165) is 46.7 Å². The third-order valence-corrected chi connectivity index (χ3v) is 4.24. The van der Waals surface area contributed by atoms with Crippen molar-refractivity contribution in [1.82, 2.24) is 0 Å². The zero-order valence-corrected chi connectivity index (χ0v) is 15.5. The molecule has 0 aliphatic heterocycles. The van der Waals surface area contributed by atoms with E-state index in [1.165, 1.54) is 0 Å². The minimum atomic E-state index is -0.130. The van der Waals surface area contributed by atoms with Crippen LogP contribution in [0.25, 0.3) is 0 Å². The number of hydrogen-bond donors (Lipinski definition) is 3. The van der Waals surface area contributed by atoms with Gasteiger partial charge in [0.25, 0.3) is 5.91 Å². The maximum Gasteiger partial charge on any atom is 0.255 e. The van der Waals surface area contributed by atoms with Crippen molar-refractivity contribution in [2.75, 3.05) is 23.0 Å². The zero-order valence-electron chi connectivity index (χ0n) is 15.5. The summed E-state index contributed by atoms with van der Waals surface area (Å²) < 4.78 is 0. The number of rotatable bonds is 7. The number of carbonyl (C=O) groups excluding carboxylic acids is 1. The van der Waals surface area contributed by atoms with Gasteiger partial charge in [-0.1, -0.05) is 32.1 Å². The third kappa shape index (κ3) is 4.63. The average molecular weight is 337 g/mol. The first-order chi connectivity index (χ1) is 12.0. The summed E-state index contributed by atoms with van der Waals surface area (Å²) in [6, 6.07) is 11.4. The monoisotopic (exact) mass is 337 g/mol. The SMILES string of the molecule is C=C(CCC)Nc1cc(C(=O)Nc2ccccc2NC)cc(C)c1C. The van der Waals surface area contributed by atoms with Gasteiger partial charge in [0.1, 0.15) is 0 Å². The molecule has 2 aromatic carbocycles. The summed E-state index contributed by atoms with van der Waals surface area (Å²) >= 11 is 0. The molecule has 0 fully saturated rings. The van der Waals surface area contributed by atoms with Gasteiger partial charge in [-0.05, 0) is 55.7 Å². The standard InChI is InChI=1S/C21H27N3O/c1-6-9-15(3)23-20-13-17(12-14(2)16(20)4)21(25)24-19-11-8-7-10-18(19)22-5/h7-8,10-13,22-23H,3,6,9H2,1-2,4-5H3,(H,24,25). The van der Waals surface area contributed by atoms with Crippen LogP contribution in [0.4, 0.5) is 17.1 Å². The quantitative estimate of drug-likeness (QED) is 0.640. The fourth-order valence-corrected chi connectivity index (χ4v) is 2.68. The lowest BCUT2D eigenvalue weighted by molar-refractivity contribution is 0.102. The van der Waals surface area contributed by atoms with Gasteiger partial charge >= 0.3 is 0 Å². The molecule has 25 heavy (non-hydrogen) atoms. The Labute approximate surface area is 150 Å². The minimum absolute atomic E-state index is 0.130. The maximum atomic E-state index is 12.7. The summed E-state index contributed by atoms with van der Waals surface area (Å²) in [7, 11) is 1.84. The van der Waals surface area contributed by atoms with Gasteiger partial charge in [-0.25, -0.2) is 0 Å². The predicted molar refractivity (Wildman–Crippen MR) is 108 cm³/mol. The molecule has 0 unspecified atom stereocenters. The van der Waals surface area contributed by atoms with Gasteiger partial charge in [-0.2, -0.15) is 0 Å². The van der Waals surface area contributed by atoms with Crippen LogP contribution in [0.1, 0.15) is 41.3 Å². The van der Waals surface area contributed by atoms with Crippen LogP contribution in [0.5, 0.6) is 0 Å². The van der Waals surface area contributed by atoms with Gasteiger partial charge in [0.2, 0.25) is 0 Å². The average Bonchev–Trinajstić information content (AvgIpc) is 2.59. The highest BCUT2D eigenvalue weighted by Gasteiger charge is 2.13. The topological polar surface area (TPSA) is 53.2 Å². The van der Waals surface area contributed by atoms with Crippen LogP contribution in [0.3, 0.4) is 0 Å². The Morgan fingerprint density at radius 1 is 1.04 bits per heavy atom. The fourth-order valence-electron chi connectivity index (χ4n) is 2.68. The summed E-state index contributed by atoms with van der Waals surface area (Å²) in [4.78, 5) is 12.7. The van der Waals surface area contributed by atoms with Crippen LogP contribution in [-0.4, -0.2) is 13.0 Å². The van der Waals surface area contributed by atoms with Crippen molar-refractivity contribution in [3.05, 3.63) is 65.4 Å². The van der Waals surface area contributed by atoms with Gasteiger partial charge < -0.3 is 16.0 Å². The molecule has 0 atom stereocenters.